The van der Waals surface area contributed by atoms with E-state index in [4.69, 9.17) is 4.74 Å². The van der Waals surface area contributed by atoms with Crippen LogP contribution in [0.1, 0.15) is 26.7 Å². The maximum Gasteiger partial charge on any atom is 0.216 e. The molecule has 0 aromatic carbocycles. The van der Waals surface area contributed by atoms with Crippen molar-refractivity contribution < 1.29 is 13.2 Å². The molecule has 1 aliphatic rings. The third-order valence-corrected chi connectivity index (χ3v) is 5.54. The Morgan fingerprint density at radius 3 is 2.42 bits per heavy atom. The first-order valence-electron chi connectivity index (χ1n) is 6.71. The molecule has 0 bridgehead atoms. The Labute approximate surface area is 123 Å². The minimum absolute atomic E-state index is 0. The molecule has 5 nitrogen and oxygen atoms in total. The molecular weight excluding hydrogens is 288 g/mol. The number of ether oxygens (including phenoxy) is 1. The summed E-state index contributed by atoms with van der Waals surface area (Å²) in [6.07, 6.45) is 1.66. The second-order valence-corrected chi connectivity index (χ2v) is 6.99. The lowest BCUT2D eigenvalue weighted by atomic mass is 9.98. The quantitative estimate of drug-likeness (QED) is 0.764. The Morgan fingerprint density at radius 2 is 1.95 bits per heavy atom. The van der Waals surface area contributed by atoms with Gasteiger partial charge in [-0.05, 0) is 38.8 Å². The Balaban J connectivity index is 0.00000324. The van der Waals surface area contributed by atoms with Crippen molar-refractivity contribution in [1.29, 1.82) is 0 Å². The van der Waals surface area contributed by atoms with E-state index in [1.54, 1.807) is 18.3 Å². The van der Waals surface area contributed by atoms with Crippen LogP contribution in [0.2, 0.25) is 0 Å². The first-order chi connectivity index (χ1) is 8.49. The summed E-state index contributed by atoms with van der Waals surface area (Å²) < 4.78 is 30.9. The van der Waals surface area contributed by atoms with Gasteiger partial charge in [-0.2, -0.15) is 0 Å². The molecule has 0 aromatic rings. The van der Waals surface area contributed by atoms with Crippen LogP contribution in [0, 0.1) is 5.92 Å². The minimum Gasteiger partial charge on any atom is -0.381 e. The van der Waals surface area contributed by atoms with Gasteiger partial charge in [0.2, 0.25) is 10.0 Å². The van der Waals surface area contributed by atoms with Gasteiger partial charge in [0.05, 0.1) is 11.9 Å². The molecular formula is C12H27ClN2O3S. The molecule has 116 valence electrons. The molecule has 19 heavy (non-hydrogen) atoms. The van der Waals surface area contributed by atoms with Crippen LogP contribution in [0.15, 0.2) is 0 Å². The number of nitrogens with one attached hydrogen (secondary N) is 1. The molecule has 1 N–H and O–H groups in total. The summed E-state index contributed by atoms with van der Waals surface area (Å²) in [5.41, 5.74) is 0. The van der Waals surface area contributed by atoms with Crippen molar-refractivity contribution in [1.82, 2.24) is 9.62 Å². The Hall–Kier alpha value is 0.120. The molecule has 0 aromatic heterocycles. The zero-order valence-electron chi connectivity index (χ0n) is 12.1. The molecule has 0 saturated carbocycles. The van der Waals surface area contributed by atoms with Crippen LogP contribution in [-0.2, 0) is 14.8 Å². The van der Waals surface area contributed by atoms with Gasteiger partial charge in [-0.15, -0.1) is 12.4 Å². The van der Waals surface area contributed by atoms with E-state index in [0.29, 0.717) is 19.0 Å². The minimum atomic E-state index is -3.15. The molecule has 7 heteroatoms. The molecule has 0 amide bonds. The average molecular weight is 315 g/mol. The van der Waals surface area contributed by atoms with E-state index in [0.717, 1.165) is 25.9 Å². The standard InChI is InChI=1S/C12H26N2O3S.ClH/c1-4-13-9-12-5-7-14(8-6-12)18(15,16)10-11(2)17-3;/h11-13H,4-10H2,1-3H3;1H. The number of piperidine rings is 1. The van der Waals surface area contributed by atoms with E-state index in [1.165, 1.54) is 0 Å². The summed E-state index contributed by atoms with van der Waals surface area (Å²) in [6, 6.07) is 0. The van der Waals surface area contributed by atoms with Crippen molar-refractivity contribution >= 4 is 22.4 Å². The third-order valence-electron chi connectivity index (χ3n) is 3.50. The average Bonchev–Trinajstić information content (AvgIpc) is 2.36. The van der Waals surface area contributed by atoms with E-state index in [2.05, 4.69) is 12.2 Å². The van der Waals surface area contributed by atoms with Crippen LogP contribution in [0.3, 0.4) is 0 Å². The molecule has 1 heterocycles. The zero-order chi connectivity index (χ0) is 13.6. The van der Waals surface area contributed by atoms with Crippen molar-refractivity contribution in [3.8, 4) is 0 Å². The molecule has 0 spiro atoms. The maximum atomic E-state index is 12.1. The topological polar surface area (TPSA) is 58.6 Å². The SMILES string of the molecule is CCNCC1CCN(S(=O)(=O)CC(C)OC)CC1.Cl. The summed E-state index contributed by atoms with van der Waals surface area (Å²) in [6.45, 7) is 7.15. The Kier molecular flexibility index (Phi) is 9.19. The van der Waals surface area contributed by atoms with Crippen LogP contribution in [0.4, 0.5) is 0 Å². The first-order valence-corrected chi connectivity index (χ1v) is 8.31. The predicted octanol–water partition coefficient (Wildman–Crippen LogP) is 1.09. The van der Waals surface area contributed by atoms with Gasteiger partial charge in [0, 0.05) is 20.2 Å². The van der Waals surface area contributed by atoms with Crippen LogP contribution < -0.4 is 5.32 Å². The molecule has 1 unspecified atom stereocenters. The highest BCUT2D eigenvalue weighted by molar-refractivity contribution is 7.89. The molecule has 1 aliphatic heterocycles. The lowest BCUT2D eigenvalue weighted by Gasteiger charge is -2.31. The van der Waals surface area contributed by atoms with E-state index < -0.39 is 10.0 Å². The van der Waals surface area contributed by atoms with Gasteiger partial charge >= 0.3 is 0 Å². The van der Waals surface area contributed by atoms with Crippen molar-refractivity contribution in [2.24, 2.45) is 5.92 Å². The number of hydrogen-bond donors (Lipinski definition) is 1. The second-order valence-electron chi connectivity index (χ2n) is 4.97. The summed E-state index contributed by atoms with van der Waals surface area (Å²) >= 11 is 0. The fourth-order valence-electron chi connectivity index (χ4n) is 2.21. The van der Waals surface area contributed by atoms with Crippen LogP contribution >= 0.6 is 12.4 Å². The van der Waals surface area contributed by atoms with Gasteiger partial charge in [-0.25, -0.2) is 12.7 Å². The number of nitrogens with zero attached hydrogens (tertiary/aromatic N) is 1. The van der Waals surface area contributed by atoms with Crippen LogP contribution in [0.25, 0.3) is 0 Å². The summed E-state index contributed by atoms with van der Waals surface area (Å²) in [5, 5.41) is 3.32. The van der Waals surface area contributed by atoms with E-state index in [1.807, 2.05) is 0 Å². The van der Waals surface area contributed by atoms with Crippen molar-refractivity contribution in [2.45, 2.75) is 32.8 Å². The molecule has 1 rings (SSSR count). The van der Waals surface area contributed by atoms with Crippen LogP contribution in [0.5, 0.6) is 0 Å². The lowest BCUT2D eigenvalue weighted by Crippen LogP contribution is -2.43. The third kappa shape index (κ3) is 6.40. The summed E-state index contributed by atoms with van der Waals surface area (Å²) in [5.74, 6) is 0.692. The van der Waals surface area contributed by atoms with E-state index in [-0.39, 0.29) is 24.3 Å². The summed E-state index contributed by atoms with van der Waals surface area (Å²) in [7, 11) is -1.61. The first kappa shape index (κ1) is 19.1. The Morgan fingerprint density at radius 1 is 1.37 bits per heavy atom. The van der Waals surface area contributed by atoms with Crippen molar-refractivity contribution in [3.63, 3.8) is 0 Å². The van der Waals surface area contributed by atoms with Crippen molar-refractivity contribution in [3.05, 3.63) is 0 Å². The highest BCUT2D eigenvalue weighted by Crippen LogP contribution is 2.19. The highest BCUT2D eigenvalue weighted by atomic mass is 35.5. The van der Waals surface area contributed by atoms with Gasteiger partial charge < -0.3 is 10.1 Å². The van der Waals surface area contributed by atoms with E-state index >= 15 is 0 Å². The van der Waals surface area contributed by atoms with Gasteiger partial charge in [-0.3, -0.25) is 0 Å². The Bertz CT molecular complexity index is 330. The largest absolute Gasteiger partial charge is 0.381 e. The van der Waals surface area contributed by atoms with Crippen LogP contribution in [-0.4, -0.2) is 57.9 Å². The molecule has 1 saturated heterocycles. The zero-order valence-corrected chi connectivity index (χ0v) is 13.7. The number of methoxy groups -OCH3 is 1. The van der Waals surface area contributed by atoms with Gasteiger partial charge in [0.15, 0.2) is 0 Å². The maximum absolute atomic E-state index is 12.1. The molecule has 1 atom stereocenters. The molecule has 0 aliphatic carbocycles. The normalized spacial score (nSPS) is 19.9. The lowest BCUT2D eigenvalue weighted by molar-refractivity contribution is 0.134. The number of rotatable bonds is 7. The number of sulfonamides is 1. The summed E-state index contributed by atoms with van der Waals surface area (Å²) in [4.78, 5) is 0. The molecule has 0 radical (unpaired) electrons. The van der Waals surface area contributed by atoms with Gasteiger partial charge in [-0.1, -0.05) is 6.92 Å². The number of halogens is 1. The monoisotopic (exact) mass is 314 g/mol. The van der Waals surface area contributed by atoms with E-state index in [9.17, 15) is 8.42 Å². The van der Waals surface area contributed by atoms with Gasteiger partial charge in [0.25, 0.3) is 0 Å². The fraction of sp³-hybridized carbons (Fsp3) is 1.00. The molecule has 1 fully saturated rings. The second kappa shape index (κ2) is 9.13. The fourth-order valence-corrected chi connectivity index (χ4v) is 3.92. The smallest absolute Gasteiger partial charge is 0.216 e. The predicted molar refractivity (Wildman–Crippen MR) is 80.3 cm³/mol. The van der Waals surface area contributed by atoms with Crippen molar-refractivity contribution in [2.75, 3.05) is 39.0 Å². The van der Waals surface area contributed by atoms with Gasteiger partial charge in [0.1, 0.15) is 0 Å². The highest BCUT2D eigenvalue weighted by Gasteiger charge is 2.28. The number of hydrogen-bond acceptors (Lipinski definition) is 4.